The SMILES string of the molecule is COc1ccc(-n2ncc(C(=O)NCc3ccccc3Cl)c2C2CCNCC2)cc1. The van der Waals surface area contributed by atoms with Crippen molar-refractivity contribution in [3.8, 4) is 11.4 Å². The van der Waals surface area contributed by atoms with E-state index in [1.807, 2.05) is 53.2 Å². The Morgan fingerprint density at radius 2 is 1.93 bits per heavy atom. The molecule has 0 spiro atoms. The van der Waals surface area contributed by atoms with Crippen molar-refractivity contribution in [1.29, 1.82) is 0 Å². The summed E-state index contributed by atoms with van der Waals surface area (Å²) in [6.07, 6.45) is 3.60. The number of ether oxygens (including phenoxy) is 1. The van der Waals surface area contributed by atoms with E-state index < -0.39 is 0 Å². The molecule has 156 valence electrons. The van der Waals surface area contributed by atoms with Crippen molar-refractivity contribution >= 4 is 17.5 Å². The number of nitrogens with one attached hydrogen (secondary N) is 2. The number of rotatable bonds is 6. The van der Waals surface area contributed by atoms with Gasteiger partial charge < -0.3 is 15.4 Å². The first-order valence-electron chi connectivity index (χ1n) is 10.1. The zero-order chi connectivity index (χ0) is 20.9. The number of nitrogens with zero attached hydrogens (tertiary/aromatic N) is 2. The van der Waals surface area contributed by atoms with E-state index in [-0.39, 0.29) is 11.8 Å². The Labute approximate surface area is 181 Å². The molecule has 2 aromatic carbocycles. The number of aromatic nitrogens is 2. The summed E-state index contributed by atoms with van der Waals surface area (Å²) in [5, 5.41) is 11.6. The molecule has 0 bridgehead atoms. The summed E-state index contributed by atoms with van der Waals surface area (Å²) < 4.78 is 7.15. The first-order chi connectivity index (χ1) is 14.7. The van der Waals surface area contributed by atoms with E-state index in [1.54, 1.807) is 13.3 Å². The lowest BCUT2D eigenvalue weighted by molar-refractivity contribution is 0.0949. The third-order valence-electron chi connectivity index (χ3n) is 5.49. The van der Waals surface area contributed by atoms with E-state index >= 15 is 0 Å². The Morgan fingerprint density at radius 1 is 1.20 bits per heavy atom. The van der Waals surface area contributed by atoms with Gasteiger partial charge in [0.05, 0.1) is 30.3 Å². The third kappa shape index (κ3) is 4.35. The number of hydrogen-bond acceptors (Lipinski definition) is 4. The van der Waals surface area contributed by atoms with E-state index in [4.69, 9.17) is 16.3 Å². The third-order valence-corrected chi connectivity index (χ3v) is 5.86. The van der Waals surface area contributed by atoms with Crippen LogP contribution < -0.4 is 15.4 Å². The Kier molecular flexibility index (Phi) is 6.35. The van der Waals surface area contributed by atoms with Crippen molar-refractivity contribution in [2.75, 3.05) is 20.2 Å². The second-order valence-corrected chi connectivity index (χ2v) is 7.76. The minimum atomic E-state index is -0.136. The van der Waals surface area contributed by atoms with Crippen LogP contribution >= 0.6 is 11.6 Å². The van der Waals surface area contributed by atoms with E-state index in [2.05, 4.69) is 15.7 Å². The Morgan fingerprint density at radius 3 is 2.63 bits per heavy atom. The molecule has 2 heterocycles. The maximum Gasteiger partial charge on any atom is 0.255 e. The minimum Gasteiger partial charge on any atom is -0.497 e. The summed E-state index contributed by atoms with van der Waals surface area (Å²) in [6.45, 7) is 2.23. The minimum absolute atomic E-state index is 0.136. The molecule has 0 atom stereocenters. The summed E-state index contributed by atoms with van der Waals surface area (Å²) in [5.41, 5.74) is 3.37. The molecule has 1 fully saturated rings. The predicted molar refractivity (Wildman–Crippen MR) is 118 cm³/mol. The molecule has 1 aromatic heterocycles. The molecule has 0 saturated carbocycles. The van der Waals surface area contributed by atoms with Crippen LogP contribution in [0, 0.1) is 0 Å². The van der Waals surface area contributed by atoms with Crippen LogP contribution in [0.1, 0.15) is 40.4 Å². The van der Waals surface area contributed by atoms with Crippen LogP contribution in [0.2, 0.25) is 5.02 Å². The van der Waals surface area contributed by atoms with E-state index in [0.717, 1.165) is 48.6 Å². The van der Waals surface area contributed by atoms with Crippen LogP contribution in [0.3, 0.4) is 0 Å². The molecule has 4 rings (SSSR count). The number of benzene rings is 2. The van der Waals surface area contributed by atoms with E-state index in [0.29, 0.717) is 17.1 Å². The molecule has 0 unspecified atom stereocenters. The summed E-state index contributed by atoms with van der Waals surface area (Å²) in [4.78, 5) is 13.1. The molecule has 3 aromatic rings. The van der Waals surface area contributed by atoms with Crippen molar-refractivity contribution in [3.05, 3.63) is 76.6 Å². The monoisotopic (exact) mass is 424 g/mol. The van der Waals surface area contributed by atoms with Gasteiger partial charge in [0.1, 0.15) is 5.75 Å². The number of amides is 1. The van der Waals surface area contributed by atoms with Crippen LogP contribution in [-0.4, -0.2) is 35.9 Å². The van der Waals surface area contributed by atoms with Gasteiger partial charge in [-0.25, -0.2) is 4.68 Å². The fraction of sp³-hybridized carbons (Fsp3) is 0.304. The molecule has 0 radical (unpaired) electrons. The number of carbonyl (C=O) groups is 1. The number of carbonyl (C=O) groups excluding carboxylic acids is 1. The highest BCUT2D eigenvalue weighted by Crippen LogP contribution is 2.30. The molecular formula is C23H25ClN4O2. The molecule has 1 aliphatic heterocycles. The van der Waals surface area contributed by atoms with Crippen molar-refractivity contribution < 1.29 is 9.53 Å². The molecule has 6 nitrogen and oxygen atoms in total. The fourth-order valence-corrected chi connectivity index (χ4v) is 4.07. The van der Waals surface area contributed by atoms with Crippen LogP contribution in [0.25, 0.3) is 5.69 Å². The van der Waals surface area contributed by atoms with Gasteiger partial charge in [0, 0.05) is 17.5 Å². The van der Waals surface area contributed by atoms with E-state index in [9.17, 15) is 4.79 Å². The maximum atomic E-state index is 13.1. The summed E-state index contributed by atoms with van der Waals surface area (Å²) in [7, 11) is 1.64. The molecular weight excluding hydrogens is 400 g/mol. The van der Waals surface area contributed by atoms with Gasteiger partial charge in [-0.05, 0) is 61.8 Å². The summed E-state index contributed by atoms with van der Waals surface area (Å²) in [6, 6.07) is 15.3. The van der Waals surface area contributed by atoms with Crippen LogP contribution in [-0.2, 0) is 6.54 Å². The smallest absolute Gasteiger partial charge is 0.255 e. The first-order valence-corrected chi connectivity index (χ1v) is 10.5. The molecule has 1 saturated heterocycles. The van der Waals surface area contributed by atoms with Gasteiger partial charge in [-0.3, -0.25) is 4.79 Å². The second-order valence-electron chi connectivity index (χ2n) is 7.35. The zero-order valence-corrected chi connectivity index (χ0v) is 17.7. The van der Waals surface area contributed by atoms with Crippen LogP contribution in [0.4, 0.5) is 0 Å². The maximum absolute atomic E-state index is 13.1. The number of piperidine rings is 1. The molecule has 1 aliphatic rings. The normalized spacial score (nSPS) is 14.5. The molecule has 7 heteroatoms. The summed E-state index contributed by atoms with van der Waals surface area (Å²) >= 11 is 6.23. The quantitative estimate of drug-likeness (QED) is 0.629. The predicted octanol–water partition coefficient (Wildman–Crippen LogP) is 3.93. The number of methoxy groups -OCH3 is 1. The van der Waals surface area contributed by atoms with Gasteiger partial charge >= 0.3 is 0 Å². The highest BCUT2D eigenvalue weighted by Gasteiger charge is 2.27. The lowest BCUT2D eigenvalue weighted by Gasteiger charge is -2.24. The zero-order valence-electron chi connectivity index (χ0n) is 16.9. The highest BCUT2D eigenvalue weighted by molar-refractivity contribution is 6.31. The number of hydrogen-bond donors (Lipinski definition) is 2. The first kappa shape index (κ1) is 20.4. The largest absolute Gasteiger partial charge is 0.497 e. The molecule has 30 heavy (non-hydrogen) atoms. The average molecular weight is 425 g/mol. The summed E-state index contributed by atoms with van der Waals surface area (Å²) in [5.74, 6) is 0.909. The topological polar surface area (TPSA) is 68.2 Å². The molecule has 2 N–H and O–H groups in total. The van der Waals surface area contributed by atoms with Gasteiger partial charge in [-0.1, -0.05) is 29.8 Å². The fourth-order valence-electron chi connectivity index (χ4n) is 3.86. The Bertz CT molecular complexity index is 1010. The van der Waals surface area contributed by atoms with E-state index in [1.165, 1.54) is 0 Å². The Balaban J connectivity index is 1.63. The van der Waals surface area contributed by atoms with Gasteiger partial charge in [-0.2, -0.15) is 5.10 Å². The van der Waals surface area contributed by atoms with Crippen molar-refractivity contribution in [1.82, 2.24) is 20.4 Å². The average Bonchev–Trinajstić information content (AvgIpc) is 3.24. The van der Waals surface area contributed by atoms with Gasteiger partial charge in [-0.15, -0.1) is 0 Å². The number of halogens is 1. The molecule has 1 amide bonds. The highest BCUT2D eigenvalue weighted by atomic mass is 35.5. The van der Waals surface area contributed by atoms with Crippen molar-refractivity contribution in [2.45, 2.75) is 25.3 Å². The van der Waals surface area contributed by atoms with Gasteiger partial charge in [0.2, 0.25) is 0 Å². The molecule has 0 aliphatic carbocycles. The van der Waals surface area contributed by atoms with Gasteiger partial charge in [0.25, 0.3) is 5.91 Å². The van der Waals surface area contributed by atoms with Crippen LogP contribution in [0.5, 0.6) is 5.75 Å². The Hall–Kier alpha value is -2.83. The lowest BCUT2D eigenvalue weighted by Crippen LogP contribution is -2.30. The standard InChI is InChI=1S/C23H25ClN4O2/c1-30-19-8-6-18(7-9-19)28-22(16-10-12-25-13-11-16)20(15-27-28)23(29)26-14-17-4-2-3-5-21(17)24/h2-9,15-16,25H,10-14H2,1H3,(H,26,29). The van der Waals surface area contributed by atoms with Crippen molar-refractivity contribution in [2.24, 2.45) is 0 Å². The van der Waals surface area contributed by atoms with Gasteiger partial charge in [0.15, 0.2) is 0 Å². The lowest BCUT2D eigenvalue weighted by atomic mass is 9.91. The van der Waals surface area contributed by atoms with Crippen LogP contribution in [0.15, 0.2) is 54.7 Å². The second kappa shape index (κ2) is 9.32. The van der Waals surface area contributed by atoms with Crippen molar-refractivity contribution in [3.63, 3.8) is 0 Å².